The topological polar surface area (TPSA) is 52.5 Å². The first kappa shape index (κ1) is 10.8. The zero-order chi connectivity index (χ0) is 11.1. The molecule has 1 aromatic heterocycles. The van der Waals surface area contributed by atoms with Gasteiger partial charge in [0.1, 0.15) is 6.07 Å². The van der Waals surface area contributed by atoms with Crippen LogP contribution in [0.5, 0.6) is 0 Å². The summed E-state index contributed by atoms with van der Waals surface area (Å²) in [6, 6.07) is 1.93. The van der Waals surface area contributed by atoms with Crippen molar-refractivity contribution >= 4 is 5.57 Å². The largest absolute Gasteiger partial charge is 0.329 e. The minimum atomic E-state index is 0.290. The molecule has 3 nitrogen and oxygen atoms in total. The standard InChI is InChI=1S/C12H11N3/c1-3-5-7-10(6-4-2)11-9-14-12(8-13)15-11/h2,5-7,9H,3H2,1H3,(H,14,15)/b7-5-,10-6+. The van der Waals surface area contributed by atoms with Gasteiger partial charge in [0.15, 0.2) is 0 Å². The monoisotopic (exact) mass is 197 g/mol. The van der Waals surface area contributed by atoms with E-state index in [1.807, 2.05) is 25.1 Å². The maximum atomic E-state index is 8.62. The Bertz CT molecular complexity index is 464. The number of hydrogen-bond acceptors (Lipinski definition) is 2. The third kappa shape index (κ3) is 2.86. The minimum Gasteiger partial charge on any atom is -0.329 e. The number of rotatable bonds is 3. The van der Waals surface area contributed by atoms with Crippen molar-refractivity contribution in [1.82, 2.24) is 9.97 Å². The van der Waals surface area contributed by atoms with Crippen molar-refractivity contribution in [2.24, 2.45) is 0 Å². The lowest BCUT2D eigenvalue weighted by atomic mass is 10.1. The van der Waals surface area contributed by atoms with Crippen molar-refractivity contribution in [3.63, 3.8) is 0 Å². The normalized spacial score (nSPS) is 11.3. The van der Waals surface area contributed by atoms with E-state index in [0.29, 0.717) is 0 Å². The van der Waals surface area contributed by atoms with Gasteiger partial charge in [-0.25, -0.2) is 4.98 Å². The van der Waals surface area contributed by atoms with Crippen molar-refractivity contribution in [3.05, 3.63) is 35.9 Å². The van der Waals surface area contributed by atoms with Crippen molar-refractivity contribution in [2.75, 3.05) is 0 Å². The zero-order valence-corrected chi connectivity index (χ0v) is 8.49. The number of allylic oxidation sites excluding steroid dienone is 4. The summed E-state index contributed by atoms with van der Waals surface area (Å²) >= 11 is 0. The highest BCUT2D eigenvalue weighted by molar-refractivity contribution is 5.73. The Morgan fingerprint density at radius 1 is 1.73 bits per heavy atom. The molecule has 3 heteroatoms. The van der Waals surface area contributed by atoms with Gasteiger partial charge in [-0.1, -0.05) is 25.0 Å². The van der Waals surface area contributed by atoms with Gasteiger partial charge in [0.05, 0.1) is 11.9 Å². The molecule has 0 aliphatic carbocycles. The molecule has 0 saturated carbocycles. The van der Waals surface area contributed by atoms with Crippen LogP contribution in [0.2, 0.25) is 0 Å². The summed E-state index contributed by atoms with van der Waals surface area (Å²) < 4.78 is 0. The van der Waals surface area contributed by atoms with Gasteiger partial charge in [0.2, 0.25) is 5.82 Å². The molecule has 0 amide bonds. The Morgan fingerprint density at radius 2 is 2.53 bits per heavy atom. The molecule has 0 fully saturated rings. The summed E-state index contributed by atoms with van der Waals surface area (Å²) in [5.41, 5.74) is 1.61. The van der Waals surface area contributed by atoms with Gasteiger partial charge >= 0.3 is 0 Å². The van der Waals surface area contributed by atoms with Crippen LogP contribution in [0.15, 0.2) is 24.4 Å². The molecule has 0 aliphatic rings. The molecule has 0 aromatic carbocycles. The number of hydrogen-bond donors (Lipinski definition) is 1. The van der Waals surface area contributed by atoms with E-state index in [-0.39, 0.29) is 5.82 Å². The molecular formula is C12H11N3. The summed E-state index contributed by atoms with van der Waals surface area (Å²) in [7, 11) is 0. The molecule has 0 bridgehead atoms. The van der Waals surface area contributed by atoms with Crippen molar-refractivity contribution in [2.45, 2.75) is 13.3 Å². The molecule has 15 heavy (non-hydrogen) atoms. The van der Waals surface area contributed by atoms with E-state index in [9.17, 15) is 0 Å². The molecule has 1 aromatic rings. The summed E-state index contributed by atoms with van der Waals surface area (Å²) in [4.78, 5) is 6.76. The molecule has 0 spiro atoms. The van der Waals surface area contributed by atoms with Gasteiger partial charge in [-0.2, -0.15) is 5.26 Å². The smallest absolute Gasteiger partial charge is 0.210 e. The molecule has 0 atom stereocenters. The highest BCUT2D eigenvalue weighted by atomic mass is 14.9. The highest BCUT2D eigenvalue weighted by Gasteiger charge is 2.01. The van der Waals surface area contributed by atoms with E-state index in [4.69, 9.17) is 11.7 Å². The van der Waals surface area contributed by atoms with Crippen LogP contribution in [0.25, 0.3) is 5.57 Å². The van der Waals surface area contributed by atoms with E-state index in [1.165, 1.54) is 0 Å². The summed E-state index contributed by atoms with van der Waals surface area (Å²) in [5, 5.41) is 8.62. The third-order valence-electron chi connectivity index (χ3n) is 1.76. The highest BCUT2D eigenvalue weighted by Crippen LogP contribution is 2.13. The van der Waals surface area contributed by atoms with Crippen LogP contribution in [0.3, 0.4) is 0 Å². The Morgan fingerprint density at radius 3 is 3.07 bits per heavy atom. The molecule has 74 valence electrons. The number of H-pyrrole nitrogens is 1. The summed E-state index contributed by atoms with van der Waals surface area (Å²) in [6.07, 6.45) is 13.3. The number of nitrogens with zero attached hydrogens (tertiary/aromatic N) is 2. The minimum absolute atomic E-state index is 0.290. The second kappa shape index (κ2) is 5.47. The molecule has 0 radical (unpaired) electrons. The van der Waals surface area contributed by atoms with E-state index in [0.717, 1.165) is 17.7 Å². The fraction of sp³-hybridized carbons (Fsp3) is 0.167. The van der Waals surface area contributed by atoms with Crippen LogP contribution in [0.4, 0.5) is 0 Å². The van der Waals surface area contributed by atoms with Gasteiger partial charge in [-0.3, -0.25) is 0 Å². The van der Waals surface area contributed by atoms with E-state index in [1.54, 1.807) is 12.3 Å². The Kier molecular flexibility index (Phi) is 3.94. The maximum absolute atomic E-state index is 8.62. The lowest BCUT2D eigenvalue weighted by Gasteiger charge is -1.94. The molecular weight excluding hydrogens is 186 g/mol. The van der Waals surface area contributed by atoms with Gasteiger partial charge < -0.3 is 4.98 Å². The number of aromatic amines is 1. The quantitative estimate of drug-likeness (QED) is 0.597. The summed E-state index contributed by atoms with van der Waals surface area (Å²) in [6.45, 7) is 2.04. The number of nitriles is 1. The fourth-order valence-electron chi connectivity index (χ4n) is 1.07. The Balaban J connectivity index is 3.02. The number of aromatic nitrogens is 2. The molecule has 1 rings (SSSR count). The average Bonchev–Trinajstić information content (AvgIpc) is 2.72. The molecule has 0 unspecified atom stereocenters. The third-order valence-corrected chi connectivity index (χ3v) is 1.76. The predicted molar refractivity (Wildman–Crippen MR) is 59.5 cm³/mol. The second-order valence-corrected chi connectivity index (χ2v) is 2.83. The number of imidazole rings is 1. The van der Waals surface area contributed by atoms with Crippen LogP contribution in [0.1, 0.15) is 24.9 Å². The van der Waals surface area contributed by atoms with E-state index < -0.39 is 0 Å². The Labute approximate surface area is 89.2 Å². The van der Waals surface area contributed by atoms with Crippen LogP contribution in [-0.4, -0.2) is 9.97 Å². The second-order valence-electron chi connectivity index (χ2n) is 2.83. The molecule has 0 saturated heterocycles. The van der Waals surface area contributed by atoms with Gasteiger partial charge in [0.25, 0.3) is 0 Å². The van der Waals surface area contributed by atoms with Gasteiger partial charge in [-0.15, -0.1) is 6.42 Å². The Hall–Kier alpha value is -2.26. The van der Waals surface area contributed by atoms with Crippen LogP contribution in [0, 0.1) is 23.7 Å². The first-order valence-electron chi connectivity index (χ1n) is 4.60. The maximum Gasteiger partial charge on any atom is 0.210 e. The first-order chi connectivity index (χ1) is 7.31. The van der Waals surface area contributed by atoms with Gasteiger partial charge in [-0.05, 0) is 12.5 Å². The molecule has 1 heterocycles. The van der Waals surface area contributed by atoms with Crippen LogP contribution < -0.4 is 0 Å². The lowest BCUT2D eigenvalue weighted by Crippen LogP contribution is -1.81. The number of terminal acetylenes is 1. The first-order valence-corrected chi connectivity index (χ1v) is 4.60. The van der Waals surface area contributed by atoms with Crippen molar-refractivity contribution < 1.29 is 0 Å². The van der Waals surface area contributed by atoms with Crippen molar-refractivity contribution in [3.8, 4) is 18.4 Å². The van der Waals surface area contributed by atoms with Gasteiger partial charge in [0, 0.05) is 5.57 Å². The average molecular weight is 197 g/mol. The van der Waals surface area contributed by atoms with Crippen molar-refractivity contribution in [1.29, 1.82) is 5.26 Å². The SMILES string of the molecule is C#C/C=C(\C=C/CC)c1cnc(C#N)[nH]1. The van der Waals surface area contributed by atoms with Crippen LogP contribution >= 0.6 is 0 Å². The van der Waals surface area contributed by atoms with E-state index >= 15 is 0 Å². The molecule has 1 N–H and O–H groups in total. The lowest BCUT2D eigenvalue weighted by molar-refractivity contribution is 1.21. The summed E-state index contributed by atoms with van der Waals surface area (Å²) in [5.74, 6) is 2.75. The van der Waals surface area contributed by atoms with Crippen LogP contribution in [-0.2, 0) is 0 Å². The number of nitrogens with one attached hydrogen (secondary N) is 1. The molecule has 0 aliphatic heterocycles. The zero-order valence-electron chi connectivity index (χ0n) is 8.49. The van der Waals surface area contributed by atoms with E-state index in [2.05, 4.69) is 15.9 Å². The predicted octanol–water partition coefficient (Wildman–Crippen LogP) is 2.26. The fourth-order valence-corrected chi connectivity index (χ4v) is 1.07.